The van der Waals surface area contributed by atoms with Gasteiger partial charge in [0, 0.05) is 16.7 Å². The van der Waals surface area contributed by atoms with Crippen LogP contribution in [0.2, 0.25) is 5.02 Å². The van der Waals surface area contributed by atoms with Crippen LogP contribution in [0.4, 0.5) is 5.69 Å². The zero-order chi connectivity index (χ0) is 10.6. The Bertz CT molecular complexity index is 363. The fourth-order valence-corrected chi connectivity index (χ4v) is 1.34. The maximum atomic E-state index is 10.7. The topological polar surface area (TPSA) is 43.1 Å². The minimum absolute atomic E-state index is 0.0827. The maximum Gasteiger partial charge on any atom is 0.274 e. The molecule has 0 fully saturated rings. The Hall–Kier alpha value is -1.35. The van der Waals surface area contributed by atoms with Crippen LogP contribution in [0.25, 0.3) is 0 Å². The maximum absolute atomic E-state index is 10.7. The van der Waals surface area contributed by atoms with E-state index in [9.17, 15) is 10.1 Å². The van der Waals surface area contributed by atoms with Gasteiger partial charge in [0.05, 0.1) is 4.92 Å². The van der Waals surface area contributed by atoms with Crippen LogP contribution < -0.4 is 0 Å². The van der Waals surface area contributed by atoms with Gasteiger partial charge >= 0.3 is 0 Å². The average Bonchev–Trinajstić information content (AvgIpc) is 2.15. The van der Waals surface area contributed by atoms with Crippen molar-refractivity contribution in [1.29, 1.82) is 0 Å². The summed E-state index contributed by atoms with van der Waals surface area (Å²) in [5.74, 6) is 0. The van der Waals surface area contributed by atoms with Gasteiger partial charge in [-0.2, -0.15) is 0 Å². The molecule has 0 bridgehead atoms. The first-order valence-corrected chi connectivity index (χ1v) is 4.56. The monoisotopic (exact) mass is 211 g/mol. The van der Waals surface area contributed by atoms with E-state index in [4.69, 9.17) is 11.6 Å². The van der Waals surface area contributed by atoms with Crippen molar-refractivity contribution >= 4 is 17.3 Å². The van der Waals surface area contributed by atoms with Crippen LogP contribution >= 0.6 is 11.6 Å². The van der Waals surface area contributed by atoms with Gasteiger partial charge in [0.25, 0.3) is 5.69 Å². The highest BCUT2D eigenvalue weighted by atomic mass is 35.5. The summed E-state index contributed by atoms with van der Waals surface area (Å²) in [6.07, 6.45) is 3.08. The highest BCUT2D eigenvalue weighted by Crippen LogP contribution is 2.24. The molecule has 14 heavy (non-hydrogen) atoms. The minimum atomic E-state index is -0.412. The second kappa shape index (κ2) is 4.77. The molecule has 3 nitrogen and oxygen atoms in total. The average molecular weight is 212 g/mol. The zero-order valence-electron chi connectivity index (χ0n) is 7.57. The SMILES string of the molecule is C=CCCc1ccc(Cl)cc1[N+](=O)[O-]. The number of halogens is 1. The van der Waals surface area contributed by atoms with Crippen LogP contribution in [-0.2, 0) is 6.42 Å². The molecule has 0 N–H and O–H groups in total. The van der Waals surface area contributed by atoms with Gasteiger partial charge in [0.15, 0.2) is 0 Å². The molecule has 0 aliphatic heterocycles. The summed E-state index contributed by atoms with van der Waals surface area (Å²) in [5.41, 5.74) is 0.777. The lowest BCUT2D eigenvalue weighted by atomic mass is 10.1. The number of nitrogens with zero attached hydrogens (tertiary/aromatic N) is 1. The molecule has 0 saturated carbocycles. The van der Waals surface area contributed by atoms with Gasteiger partial charge in [0.2, 0.25) is 0 Å². The number of benzene rings is 1. The number of aryl methyl sites for hydroxylation is 1. The summed E-state index contributed by atoms with van der Waals surface area (Å²) in [7, 11) is 0. The third-order valence-corrected chi connectivity index (χ3v) is 2.10. The number of allylic oxidation sites excluding steroid dienone is 1. The largest absolute Gasteiger partial charge is 0.274 e. The molecule has 1 aromatic carbocycles. The summed E-state index contributed by atoms with van der Waals surface area (Å²) in [6.45, 7) is 3.57. The van der Waals surface area contributed by atoms with E-state index in [1.807, 2.05) is 0 Å². The Morgan fingerprint density at radius 3 is 2.86 bits per heavy atom. The summed E-state index contributed by atoms with van der Waals surface area (Å²) in [5, 5.41) is 11.0. The summed E-state index contributed by atoms with van der Waals surface area (Å²) < 4.78 is 0. The van der Waals surface area contributed by atoms with Crippen molar-refractivity contribution in [3.63, 3.8) is 0 Å². The van der Waals surface area contributed by atoms with E-state index in [0.717, 1.165) is 6.42 Å². The van der Waals surface area contributed by atoms with E-state index >= 15 is 0 Å². The third-order valence-electron chi connectivity index (χ3n) is 1.86. The Balaban J connectivity index is 3.01. The van der Waals surface area contributed by atoms with E-state index in [1.165, 1.54) is 6.07 Å². The van der Waals surface area contributed by atoms with Gasteiger partial charge in [-0.25, -0.2) is 0 Å². The van der Waals surface area contributed by atoms with Crippen molar-refractivity contribution in [2.75, 3.05) is 0 Å². The molecule has 0 unspecified atom stereocenters. The van der Waals surface area contributed by atoms with E-state index in [0.29, 0.717) is 17.0 Å². The first-order valence-electron chi connectivity index (χ1n) is 4.19. The van der Waals surface area contributed by atoms with Crippen molar-refractivity contribution in [2.45, 2.75) is 12.8 Å². The Kier molecular flexibility index (Phi) is 3.65. The van der Waals surface area contributed by atoms with Crippen LogP contribution in [0, 0.1) is 10.1 Å². The standard InChI is InChI=1S/C10H10ClNO2/c1-2-3-4-8-5-6-9(11)7-10(8)12(13)14/h2,5-7H,1,3-4H2. The quantitative estimate of drug-likeness (QED) is 0.435. The number of nitro groups is 1. The molecule has 4 heteroatoms. The lowest BCUT2D eigenvalue weighted by molar-refractivity contribution is -0.385. The van der Waals surface area contributed by atoms with Gasteiger partial charge in [-0.3, -0.25) is 10.1 Å². The Morgan fingerprint density at radius 2 is 2.29 bits per heavy atom. The van der Waals surface area contributed by atoms with Crippen molar-refractivity contribution < 1.29 is 4.92 Å². The molecule has 0 heterocycles. The second-order valence-electron chi connectivity index (χ2n) is 2.86. The zero-order valence-corrected chi connectivity index (χ0v) is 8.33. The molecule has 0 atom stereocenters. The van der Waals surface area contributed by atoms with E-state index in [1.54, 1.807) is 18.2 Å². The van der Waals surface area contributed by atoms with Crippen LogP contribution in [-0.4, -0.2) is 4.92 Å². The molecule has 0 aliphatic rings. The van der Waals surface area contributed by atoms with Crippen molar-refractivity contribution in [3.8, 4) is 0 Å². The lowest BCUT2D eigenvalue weighted by Gasteiger charge is -2.00. The summed E-state index contributed by atoms with van der Waals surface area (Å²) in [4.78, 5) is 10.2. The van der Waals surface area contributed by atoms with Gasteiger partial charge in [-0.1, -0.05) is 23.7 Å². The van der Waals surface area contributed by atoms with E-state index < -0.39 is 4.92 Å². The molecule has 0 spiro atoms. The van der Waals surface area contributed by atoms with Crippen molar-refractivity contribution in [2.24, 2.45) is 0 Å². The fourth-order valence-electron chi connectivity index (χ4n) is 1.18. The van der Waals surface area contributed by atoms with E-state index in [2.05, 4.69) is 6.58 Å². The number of nitro benzene ring substituents is 1. The predicted molar refractivity (Wildman–Crippen MR) is 56.6 cm³/mol. The molecule has 1 rings (SSSR count). The number of hydrogen-bond donors (Lipinski definition) is 0. The van der Waals surface area contributed by atoms with Crippen LogP contribution in [0.5, 0.6) is 0 Å². The smallest absolute Gasteiger partial charge is 0.258 e. The van der Waals surface area contributed by atoms with Crippen LogP contribution in [0.1, 0.15) is 12.0 Å². The number of rotatable bonds is 4. The number of hydrogen-bond acceptors (Lipinski definition) is 2. The molecule has 0 aromatic heterocycles. The normalized spacial score (nSPS) is 9.79. The highest BCUT2D eigenvalue weighted by Gasteiger charge is 2.12. The van der Waals surface area contributed by atoms with Gasteiger partial charge in [0.1, 0.15) is 0 Å². The molecular weight excluding hydrogens is 202 g/mol. The first-order chi connectivity index (χ1) is 6.65. The Morgan fingerprint density at radius 1 is 1.57 bits per heavy atom. The highest BCUT2D eigenvalue weighted by molar-refractivity contribution is 6.30. The molecule has 0 radical (unpaired) electrons. The predicted octanol–water partition coefficient (Wildman–Crippen LogP) is 3.37. The Labute approximate surface area is 87.2 Å². The lowest BCUT2D eigenvalue weighted by Crippen LogP contribution is -1.95. The van der Waals surface area contributed by atoms with Crippen LogP contribution in [0.15, 0.2) is 30.9 Å². The van der Waals surface area contributed by atoms with Crippen molar-refractivity contribution in [3.05, 3.63) is 51.6 Å². The fraction of sp³-hybridized carbons (Fsp3) is 0.200. The first kappa shape index (κ1) is 10.7. The minimum Gasteiger partial charge on any atom is -0.258 e. The van der Waals surface area contributed by atoms with Crippen molar-refractivity contribution in [1.82, 2.24) is 0 Å². The second-order valence-corrected chi connectivity index (χ2v) is 3.29. The van der Waals surface area contributed by atoms with Gasteiger partial charge in [-0.15, -0.1) is 6.58 Å². The molecular formula is C10H10ClNO2. The molecule has 74 valence electrons. The molecule has 0 amide bonds. The van der Waals surface area contributed by atoms with Gasteiger partial charge in [-0.05, 0) is 18.9 Å². The third kappa shape index (κ3) is 2.57. The molecule has 0 aliphatic carbocycles. The van der Waals surface area contributed by atoms with E-state index in [-0.39, 0.29) is 5.69 Å². The van der Waals surface area contributed by atoms with Gasteiger partial charge < -0.3 is 0 Å². The molecule has 0 saturated heterocycles. The molecule has 1 aromatic rings. The summed E-state index contributed by atoms with van der Waals surface area (Å²) >= 11 is 5.67. The van der Waals surface area contributed by atoms with Crippen LogP contribution in [0.3, 0.4) is 0 Å². The summed E-state index contributed by atoms with van der Waals surface area (Å²) in [6, 6.07) is 4.72.